The number of benzene rings is 2. The number of amides is 1. The number of aromatic nitrogens is 2. The van der Waals surface area contributed by atoms with Crippen molar-refractivity contribution in [2.45, 2.75) is 12.5 Å². The molecular weight excluding hydrogens is 338 g/mol. The van der Waals surface area contributed by atoms with Crippen LogP contribution in [0.2, 0.25) is 0 Å². The Labute approximate surface area is 156 Å². The van der Waals surface area contributed by atoms with E-state index in [9.17, 15) is 4.79 Å². The van der Waals surface area contributed by atoms with Crippen molar-refractivity contribution in [2.24, 2.45) is 0 Å². The van der Waals surface area contributed by atoms with E-state index in [4.69, 9.17) is 4.74 Å². The quantitative estimate of drug-likeness (QED) is 0.603. The summed E-state index contributed by atoms with van der Waals surface area (Å²) in [6, 6.07) is 21.7. The number of hydrogen-bond donors (Lipinski definition) is 1. The zero-order chi connectivity index (χ0) is 18.2. The number of likely N-dealkylation sites (tertiary alicyclic amines) is 1. The van der Waals surface area contributed by atoms with Crippen molar-refractivity contribution in [1.29, 1.82) is 0 Å². The summed E-state index contributed by atoms with van der Waals surface area (Å²) in [4.78, 5) is 22.4. The standard InChI is InChI=1S/C22H19N3O2/c26-22(20-13-16-6-2-4-8-19(16)23-20)25-12-11-17(14-25)27-21-10-9-15-5-1-3-7-18(15)24-21/h1-10,13,17,23H,11-12,14H2. The zero-order valence-electron chi connectivity index (χ0n) is 14.8. The van der Waals surface area contributed by atoms with Crippen LogP contribution in [0.15, 0.2) is 66.7 Å². The smallest absolute Gasteiger partial charge is 0.270 e. The molecule has 1 N–H and O–H groups in total. The normalized spacial score (nSPS) is 16.9. The second-order valence-electron chi connectivity index (χ2n) is 6.89. The van der Waals surface area contributed by atoms with Gasteiger partial charge in [-0.15, -0.1) is 0 Å². The highest BCUT2D eigenvalue weighted by atomic mass is 16.5. The van der Waals surface area contributed by atoms with E-state index in [1.165, 1.54) is 0 Å². The van der Waals surface area contributed by atoms with Crippen LogP contribution in [-0.2, 0) is 0 Å². The number of ether oxygens (including phenoxy) is 1. The molecule has 1 aliphatic heterocycles. The molecule has 134 valence electrons. The second-order valence-corrected chi connectivity index (χ2v) is 6.89. The largest absolute Gasteiger partial charge is 0.472 e. The third-order valence-electron chi connectivity index (χ3n) is 5.05. The first-order valence-electron chi connectivity index (χ1n) is 9.16. The summed E-state index contributed by atoms with van der Waals surface area (Å²) in [6.45, 7) is 1.26. The molecule has 5 rings (SSSR count). The van der Waals surface area contributed by atoms with Gasteiger partial charge in [0.05, 0.1) is 12.1 Å². The molecule has 5 nitrogen and oxygen atoms in total. The summed E-state index contributed by atoms with van der Waals surface area (Å²) in [5.74, 6) is 0.627. The maximum atomic E-state index is 12.8. The van der Waals surface area contributed by atoms with Gasteiger partial charge in [-0.25, -0.2) is 4.98 Å². The molecule has 3 heterocycles. The van der Waals surface area contributed by atoms with Gasteiger partial charge in [0.25, 0.3) is 5.91 Å². The lowest BCUT2D eigenvalue weighted by molar-refractivity contribution is 0.0766. The van der Waals surface area contributed by atoms with Crippen LogP contribution in [0.4, 0.5) is 0 Å². The Bertz CT molecular complexity index is 1100. The molecule has 1 saturated heterocycles. The molecule has 27 heavy (non-hydrogen) atoms. The minimum Gasteiger partial charge on any atom is -0.472 e. The summed E-state index contributed by atoms with van der Waals surface area (Å²) in [5.41, 5.74) is 2.52. The van der Waals surface area contributed by atoms with Crippen LogP contribution >= 0.6 is 0 Å². The molecule has 2 aromatic heterocycles. The number of para-hydroxylation sites is 2. The SMILES string of the molecule is O=C(c1cc2ccccc2[nH]1)N1CCC(Oc2ccc3ccccc3n2)C1. The zero-order valence-corrected chi connectivity index (χ0v) is 14.8. The second kappa shape index (κ2) is 6.43. The Balaban J connectivity index is 1.29. The van der Waals surface area contributed by atoms with Gasteiger partial charge in [-0.2, -0.15) is 0 Å². The van der Waals surface area contributed by atoms with Crippen LogP contribution in [0.25, 0.3) is 21.8 Å². The third kappa shape index (κ3) is 3.01. The monoisotopic (exact) mass is 357 g/mol. The van der Waals surface area contributed by atoms with Gasteiger partial charge in [0, 0.05) is 35.3 Å². The predicted octanol–water partition coefficient (Wildman–Crippen LogP) is 4.01. The average molecular weight is 357 g/mol. The summed E-state index contributed by atoms with van der Waals surface area (Å²) < 4.78 is 6.04. The fraction of sp³-hybridized carbons (Fsp3) is 0.182. The molecule has 1 atom stereocenters. The number of carbonyl (C=O) groups excluding carboxylic acids is 1. The van der Waals surface area contributed by atoms with E-state index >= 15 is 0 Å². The Hall–Kier alpha value is -3.34. The minimum absolute atomic E-state index is 0.0174. The maximum absolute atomic E-state index is 12.8. The number of hydrogen-bond acceptors (Lipinski definition) is 3. The van der Waals surface area contributed by atoms with Gasteiger partial charge in [0.2, 0.25) is 5.88 Å². The molecular formula is C22H19N3O2. The molecule has 1 fully saturated rings. The topological polar surface area (TPSA) is 58.2 Å². The number of fused-ring (bicyclic) bond motifs is 2. The van der Waals surface area contributed by atoms with E-state index in [1.807, 2.05) is 71.6 Å². The number of nitrogens with zero attached hydrogens (tertiary/aromatic N) is 2. The Morgan fingerprint density at radius 2 is 1.85 bits per heavy atom. The molecule has 5 heteroatoms. The van der Waals surface area contributed by atoms with Gasteiger partial charge in [-0.1, -0.05) is 36.4 Å². The number of aromatic amines is 1. The minimum atomic E-state index is -0.0352. The van der Waals surface area contributed by atoms with E-state index in [0.717, 1.165) is 28.2 Å². The first-order valence-corrected chi connectivity index (χ1v) is 9.16. The molecule has 2 aromatic carbocycles. The highest BCUT2D eigenvalue weighted by molar-refractivity contribution is 5.98. The van der Waals surface area contributed by atoms with Crippen molar-refractivity contribution >= 4 is 27.7 Å². The van der Waals surface area contributed by atoms with Gasteiger partial charge in [-0.3, -0.25) is 4.79 Å². The number of H-pyrrole nitrogens is 1. The van der Waals surface area contributed by atoms with E-state index in [2.05, 4.69) is 9.97 Å². The molecule has 1 amide bonds. The summed E-state index contributed by atoms with van der Waals surface area (Å²) in [7, 11) is 0. The molecule has 1 unspecified atom stereocenters. The summed E-state index contributed by atoms with van der Waals surface area (Å²) >= 11 is 0. The van der Waals surface area contributed by atoms with Crippen LogP contribution in [0.1, 0.15) is 16.9 Å². The van der Waals surface area contributed by atoms with E-state index in [-0.39, 0.29) is 12.0 Å². The molecule has 0 saturated carbocycles. The molecule has 4 aromatic rings. The van der Waals surface area contributed by atoms with Gasteiger partial charge in [0.15, 0.2) is 0 Å². The highest BCUT2D eigenvalue weighted by Crippen LogP contribution is 2.22. The highest BCUT2D eigenvalue weighted by Gasteiger charge is 2.29. The van der Waals surface area contributed by atoms with Gasteiger partial charge >= 0.3 is 0 Å². The number of rotatable bonds is 3. The average Bonchev–Trinajstić information content (AvgIpc) is 3.34. The fourth-order valence-electron chi connectivity index (χ4n) is 3.65. The Kier molecular flexibility index (Phi) is 3.78. The number of carbonyl (C=O) groups is 1. The van der Waals surface area contributed by atoms with Crippen molar-refractivity contribution in [1.82, 2.24) is 14.9 Å². The number of nitrogens with one attached hydrogen (secondary N) is 1. The fourth-order valence-corrected chi connectivity index (χ4v) is 3.65. The van der Waals surface area contributed by atoms with Crippen LogP contribution in [-0.4, -0.2) is 40.0 Å². The van der Waals surface area contributed by atoms with Gasteiger partial charge in [-0.05, 0) is 24.3 Å². The van der Waals surface area contributed by atoms with Crippen LogP contribution in [0.5, 0.6) is 5.88 Å². The van der Waals surface area contributed by atoms with Crippen molar-refractivity contribution in [3.05, 3.63) is 72.4 Å². The Morgan fingerprint density at radius 3 is 2.74 bits per heavy atom. The first-order chi connectivity index (χ1) is 13.3. The van der Waals surface area contributed by atoms with Crippen molar-refractivity contribution in [3.63, 3.8) is 0 Å². The molecule has 1 aliphatic rings. The van der Waals surface area contributed by atoms with E-state index in [0.29, 0.717) is 24.7 Å². The third-order valence-corrected chi connectivity index (χ3v) is 5.05. The van der Waals surface area contributed by atoms with Crippen molar-refractivity contribution in [3.8, 4) is 5.88 Å². The molecule has 0 aliphatic carbocycles. The maximum Gasteiger partial charge on any atom is 0.270 e. The lowest BCUT2D eigenvalue weighted by atomic mass is 10.2. The van der Waals surface area contributed by atoms with Crippen molar-refractivity contribution in [2.75, 3.05) is 13.1 Å². The number of pyridine rings is 1. The lowest BCUT2D eigenvalue weighted by Crippen LogP contribution is -2.31. The molecule has 0 bridgehead atoms. The first kappa shape index (κ1) is 15.9. The van der Waals surface area contributed by atoms with Crippen LogP contribution in [0, 0.1) is 0 Å². The van der Waals surface area contributed by atoms with Crippen molar-refractivity contribution < 1.29 is 9.53 Å². The lowest BCUT2D eigenvalue weighted by Gasteiger charge is -2.16. The molecule has 0 radical (unpaired) electrons. The molecule has 0 spiro atoms. The Morgan fingerprint density at radius 1 is 1.04 bits per heavy atom. The van der Waals surface area contributed by atoms with Gasteiger partial charge < -0.3 is 14.6 Å². The predicted molar refractivity (Wildman–Crippen MR) is 105 cm³/mol. The van der Waals surface area contributed by atoms with E-state index < -0.39 is 0 Å². The van der Waals surface area contributed by atoms with Gasteiger partial charge in [0.1, 0.15) is 11.8 Å². The summed E-state index contributed by atoms with van der Waals surface area (Å²) in [5, 5.41) is 2.14. The summed E-state index contributed by atoms with van der Waals surface area (Å²) in [6.07, 6.45) is 0.771. The van der Waals surface area contributed by atoms with Crippen LogP contribution < -0.4 is 4.74 Å². The van der Waals surface area contributed by atoms with E-state index in [1.54, 1.807) is 0 Å². The van der Waals surface area contributed by atoms with Crippen LogP contribution in [0.3, 0.4) is 0 Å².